The van der Waals surface area contributed by atoms with E-state index < -0.39 is 23.9 Å². The molecule has 0 spiro atoms. The molecule has 2 bridgehead atoms. The predicted octanol–water partition coefficient (Wildman–Crippen LogP) is 7.68. The van der Waals surface area contributed by atoms with E-state index >= 15 is 4.39 Å². The van der Waals surface area contributed by atoms with Gasteiger partial charge in [0.25, 0.3) is 0 Å². The van der Waals surface area contributed by atoms with Gasteiger partial charge in [-0.25, -0.2) is 9.07 Å². The number of benzene rings is 4. The summed E-state index contributed by atoms with van der Waals surface area (Å²) in [4.78, 5) is 46.4. The number of likely N-dealkylation sites (tertiary alicyclic amines) is 1. The first kappa shape index (κ1) is 54.1. The molecule has 18 nitrogen and oxygen atoms in total. The van der Waals surface area contributed by atoms with Crippen LogP contribution in [0.3, 0.4) is 0 Å². The maximum atomic E-state index is 16.7. The SMILES string of the molecule is CN/N=C\c1ccc(F)c(CCc2ccc(-c3cn(C(C(=O)N4CCCC4C(=O)NC(CO)c4ccc(-c5cccnc5)cc4)C(C)C)nn3)cc2)c1-c1c(C2CC2)cc2c(N3CC4CC3CN4)nc(OC[C@H](C)OC)nc2c1O. The molecule has 0 radical (unpaired) electrons. The minimum absolute atomic E-state index is 0.0534. The number of aromatic hydroxyl groups is 1. The second kappa shape index (κ2) is 23.5. The number of carbonyl (C=O) groups excluding carboxylic acids is 2. The summed E-state index contributed by atoms with van der Waals surface area (Å²) < 4.78 is 29.9. The molecule has 11 rings (SSSR count). The number of carbonyl (C=O) groups is 2. The molecule has 1 aliphatic carbocycles. The summed E-state index contributed by atoms with van der Waals surface area (Å²) in [5, 5.41) is 43.8. The number of nitrogens with one attached hydrogen (secondary N) is 3. The van der Waals surface area contributed by atoms with Gasteiger partial charge >= 0.3 is 6.01 Å². The van der Waals surface area contributed by atoms with Crippen LogP contribution in [0.4, 0.5) is 10.2 Å². The highest BCUT2D eigenvalue weighted by atomic mass is 19.1. The lowest BCUT2D eigenvalue weighted by Gasteiger charge is -2.30. The number of anilines is 1. The van der Waals surface area contributed by atoms with E-state index in [1.807, 2.05) is 81.4 Å². The fourth-order valence-corrected chi connectivity index (χ4v) is 11.8. The molecule has 2 amide bonds. The molecule has 5 unspecified atom stereocenters. The summed E-state index contributed by atoms with van der Waals surface area (Å²) in [6.45, 7) is 7.72. The molecule has 4 aromatic carbocycles. The van der Waals surface area contributed by atoms with Crippen LogP contribution in [0, 0.1) is 11.7 Å². The van der Waals surface area contributed by atoms with Crippen LogP contribution in [0.15, 0.2) is 103 Å². The van der Waals surface area contributed by atoms with Crippen molar-refractivity contribution in [2.75, 3.05) is 51.9 Å². The van der Waals surface area contributed by atoms with Crippen molar-refractivity contribution in [3.8, 4) is 45.3 Å². The fraction of sp³-hybridized carbons (Fsp3) is 0.410. The number of piperazine rings is 1. The summed E-state index contributed by atoms with van der Waals surface area (Å²) in [5.41, 5.74) is 11.3. The van der Waals surface area contributed by atoms with Crippen molar-refractivity contribution in [1.82, 2.24) is 50.9 Å². The number of phenols is 1. The standard InChI is InChI=1S/C61H69FN12O6/c1-35(2)56(60(78)72-25-7-9-52(72)59(77)67-51(33-75)41-19-15-38(16-20-41)42-8-6-24-64-28-42)74-32-50(70-71-74)40-13-10-37(11-14-40)12-22-46-49(62)23-21-43(29-66-63-4)53(46)54-47(39-17-18-39)27-48-55(57(54)76)68-61(80-34-36(3)79-5)69-58(48)73-31-44-26-45(73)30-65-44/h6,8,10-11,13-16,19-21,23-24,27-29,32,35-36,39,44-45,51-52,56,63,65,75-76H,7,9,12,17-18,22,25-26,30-31,33-34H2,1-5H3,(H,67,77)/b66-29-/t36-,44?,45?,51?,52?,56?/m0/s1. The largest absolute Gasteiger partial charge is 0.505 e. The molecule has 5 N–H and O–H groups in total. The summed E-state index contributed by atoms with van der Waals surface area (Å²) >= 11 is 0. The molecule has 4 aliphatic rings. The fourth-order valence-electron chi connectivity index (χ4n) is 11.8. The van der Waals surface area contributed by atoms with Crippen LogP contribution < -0.4 is 25.7 Å². The molecule has 4 fully saturated rings. The maximum Gasteiger partial charge on any atom is 0.319 e. The highest BCUT2D eigenvalue weighted by molar-refractivity contribution is 6.03. The van der Waals surface area contributed by atoms with Gasteiger partial charge in [-0.1, -0.05) is 73.7 Å². The molecule has 6 atom stereocenters. The van der Waals surface area contributed by atoms with Crippen molar-refractivity contribution in [3.63, 3.8) is 0 Å². The first-order chi connectivity index (χ1) is 38.9. The van der Waals surface area contributed by atoms with Crippen molar-refractivity contribution in [2.24, 2.45) is 11.0 Å². The monoisotopic (exact) mass is 1080 g/mol. The number of hydrogen-bond donors (Lipinski definition) is 5. The van der Waals surface area contributed by atoms with Gasteiger partial charge in [0.05, 0.1) is 31.2 Å². The topological polar surface area (TPSA) is 217 Å². The number of aliphatic hydroxyl groups is 1. The number of hydrogen-bond acceptors (Lipinski definition) is 15. The third-order valence-corrected chi connectivity index (χ3v) is 16.3. The number of aromatic nitrogens is 6. The zero-order chi connectivity index (χ0) is 55.6. The molecule has 416 valence electrons. The molecular weight excluding hydrogens is 1020 g/mol. The number of nitrogens with zero attached hydrogens (tertiary/aromatic N) is 9. The number of phenolic OH excluding ortho intramolecular Hbond substituents is 1. The Bertz CT molecular complexity index is 3390. The lowest BCUT2D eigenvalue weighted by atomic mass is 9.85. The number of fused-ring (bicyclic) bond motifs is 3. The Morgan fingerprint density at radius 1 is 0.975 bits per heavy atom. The van der Waals surface area contributed by atoms with Gasteiger partial charge in [-0.15, -0.1) is 5.10 Å². The Balaban J connectivity index is 0.829. The zero-order valence-corrected chi connectivity index (χ0v) is 45.8. The van der Waals surface area contributed by atoms with Crippen LogP contribution in [0.2, 0.25) is 0 Å². The second-order valence-corrected chi connectivity index (χ2v) is 21.9. The van der Waals surface area contributed by atoms with Gasteiger partial charge < -0.3 is 45.5 Å². The zero-order valence-electron chi connectivity index (χ0n) is 45.8. The third kappa shape index (κ3) is 11.1. The van der Waals surface area contributed by atoms with Gasteiger partial charge in [0.2, 0.25) is 11.8 Å². The van der Waals surface area contributed by atoms with Crippen LogP contribution in [0.5, 0.6) is 11.8 Å². The quantitative estimate of drug-likeness (QED) is 0.0345. The number of methoxy groups -OCH3 is 1. The van der Waals surface area contributed by atoms with Gasteiger partial charge in [0.15, 0.2) is 0 Å². The van der Waals surface area contributed by atoms with Gasteiger partial charge in [-0.2, -0.15) is 15.1 Å². The Morgan fingerprint density at radius 3 is 2.46 bits per heavy atom. The van der Waals surface area contributed by atoms with E-state index in [4.69, 9.17) is 19.4 Å². The van der Waals surface area contributed by atoms with Crippen LogP contribution in [0.1, 0.15) is 98.7 Å². The van der Waals surface area contributed by atoms with Crippen molar-refractivity contribution in [2.45, 2.75) is 108 Å². The Kier molecular flexibility index (Phi) is 15.9. The minimum atomic E-state index is -0.731. The number of rotatable bonds is 21. The van der Waals surface area contributed by atoms with Crippen molar-refractivity contribution in [3.05, 3.63) is 131 Å². The smallest absolute Gasteiger partial charge is 0.319 e. The number of pyridine rings is 1. The number of amides is 2. The Labute approximate surface area is 464 Å². The van der Waals surface area contributed by atoms with Crippen LogP contribution >= 0.6 is 0 Å². The molecule has 3 aromatic heterocycles. The number of aliphatic hydroxyl groups excluding tert-OH is 1. The molecule has 80 heavy (non-hydrogen) atoms. The second-order valence-electron chi connectivity index (χ2n) is 21.9. The van der Waals surface area contributed by atoms with Crippen LogP contribution in [-0.4, -0.2) is 134 Å². The lowest BCUT2D eigenvalue weighted by Crippen LogP contribution is -2.50. The maximum absolute atomic E-state index is 16.7. The molecular formula is C61H69FN12O6. The normalized spacial score (nSPS) is 19.1. The van der Waals surface area contributed by atoms with E-state index in [1.165, 1.54) is 6.07 Å². The van der Waals surface area contributed by atoms with Gasteiger partial charge in [-0.05, 0) is 121 Å². The third-order valence-electron chi connectivity index (χ3n) is 16.3. The number of hydrazone groups is 1. The van der Waals surface area contributed by atoms with Crippen LogP contribution in [0.25, 0.3) is 44.4 Å². The molecule has 3 saturated heterocycles. The molecule has 1 saturated carbocycles. The molecule has 19 heteroatoms. The Morgan fingerprint density at radius 2 is 1.77 bits per heavy atom. The van der Waals surface area contributed by atoms with E-state index in [-0.39, 0.29) is 60.8 Å². The van der Waals surface area contributed by atoms with Gasteiger partial charge in [-0.3, -0.25) is 14.6 Å². The summed E-state index contributed by atoms with van der Waals surface area (Å²) in [5.74, 6) is -0.320. The summed E-state index contributed by atoms with van der Waals surface area (Å²) in [6, 6.07) is 23.2. The van der Waals surface area contributed by atoms with E-state index in [9.17, 15) is 19.8 Å². The van der Waals surface area contributed by atoms with E-state index in [2.05, 4.69) is 47.4 Å². The summed E-state index contributed by atoms with van der Waals surface area (Å²) in [6.07, 6.45) is 11.5. The van der Waals surface area contributed by atoms with Crippen molar-refractivity contribution in [1.29, 1.82) is 0 Å². The van der Waals surface area contributed by atoms with Crippen molar-refractivity contribution < 1.29 is 33.7 Å². The van der Waals surface area contributed by atoms with E-state index in [0.29, 0.717) is 71.7 Å². The minimum Gasteiger partial charge on any atom is -0.505 e. The van der Waals surface area contributed by atoms with Gasteiger partial charge in [0.1, 0.15) is 47.3 Å². The first-order valence-corrected chi connectivity index (χ1v) is 27.9. The molecule has 7 aromatic rings. The average Bonchev–Trinajstić information content (AvgIpc) is 4.04. The number of ether oxygens (including phenoxy) is 2. The number of halogens is 1. The molecule has 6 heterocycles. The number of aryl methyl sites for hydroxylation is 1. The lowest BCUT2D eigenvalue weighted by molar-refractivity contribution is -0.142. The highest BCUT2D eigenvalue weighted by Crippen LogP contribution is 2.52. The Hall–Kier alpha value is -7.87. The van der Waals surface area contributed by atoms with E-state index in [1.54, 1.807) is 54.6 Å². The van der Waals surface area contributed by atoms with Gasteiger partial charge in [0, 0.05) is 85.9 Å². The average molecular weight is 1090 g/mol. The van der Waals surface area contributed by atoms with Crippen molar-refractivity contribution >= 4 is 34.7 Å². The first-order valence-electron chi connectivity index (χ1n) is 27.9. The molecule has 3 aliphatic heterocycles. The highest BCUT2D eigenvalue weighted by Gasteiger charge is 2.42. The van der Waals surface area contributed by atoms with E-state index in [0.717, 1.165) is 76.9 Å². The summed E-state index contributed by atoms with van der Waals surface area (Å²) in [7, 11) is 3.32. The van der Waals surface area contributed by atoms with Crippen LogP contribution in [-0.2, 0) is 27.2 Å². The predicted molar refractivity (Wildman–Crippen MR) is 304 cm³/mol.